The van der Waals surface area contributed by atoms with E-state index >= 15 is 0 Å². The van der Waals surface area contributed by atoms with Gasteiger partial charge in [-0.05, 0) is 31.2 Å². The summed E-state index contributed by atoms with van der Waals surface area (Å²) in [4.78, 5) is 12.5. The Bertz CT molecular complexity index is 738. The molecule has 24 heavy (non-hydrogen) atoms. The number of rotatable bonds is 6. The highest BCUT2D eigenvalue weighted by Gasteiger charge is 2.30. The van der Waals surface area contributed by atoms with E-state index in [0.717, 1.165) is 0 Å². The molecule has 2 aromatic carbocycles. The largest absolute Gasteiger partial charge is 0.496 e. The molecule has 0 aliphatic carbocycles. The normalized spacial score (nSPS) is 13.2. The molecule has 2 rings (SSSR count). The molecule has 0 aromatic heterocycles. The van der Waals surface area contributed by atoms with E-state index in [1.54, 1.807) is 37.3 Å². The van der Waals surface area contributed by atoms with Gasteiger partial charge in [0.15, 0.2) is 0 Å². The summed E-state index contributed by atoms with van der Waals surface area (Å²) in [7, 11) is 2.94. The van der Waals surface area contributed by atoms with Gasteiger partial charge in [-0.1, -0.05) is 29.8 Å². The topological polar surface area (TPSA) is 47.6 Å². The van der Waals surface area contributed by atoms with E-state index in [-0.39, 0.29) is 12.5 Å². The summed E-state index contributed by atoms with van der Waals surface area (Å²) in [6.07, 6.45) is 0. The summed E-state index contributed by atoms with van der Waals surface area (Å²) in [6, 6.07) is 11.1. The van der Waals surface area contributed by atoms with Crippen LogP contribution in [0.3, 0.4) is 0 Å². The molecule has 0 fully saturated rings. The fourth-order valence-electron chi connectivity index (χ4n) is 2.37. The van der Waals surface area contributed by atoms with E-state index in [1.165, 1.54) is 26.4 Å². The third-order valence-electron chi connectivity index (χ3n) is 3.89. The van der Waals surface area contributed by atoms with E-state index in [0.29, 0.717) is 21.9 Å². The van der Waals surface area contributed by atoms with E-state index in [4.69, 9.17) is 21.1 Å². The standard InChI is InChI=1S/C18H19ClFNO3/c1-18(24-3,14-6-4-5-7-15(14)20)11-21-17(22)13-10-12(19)8-9-16(13)23-2/h4-10H,11H2,1-3H3,(H,21,22). The van der Waals surface area contributed by atoms with Crippen LogP contribution in [0.5, 0.6) is 5.75 Å². The van der Waals surface area contributed by atoms with Gasteiger partial charge in [0.25, 0.3) is 5.91 Å². The van der Waals surface area contributed by atoms with Crippen molar-refractivity contribution in [3.8, 4) is 5.75 Å². The third kappa shape index (κ3) is 3.86. The predicted octanol–water partition coefficient (Wildman–Crippen LogP) is 3.78. The lowest BCUT2D eigenvalue weighted by atomic mass is 9.95. The van der Waals surface area contributed by atoms with Crippen LogP contribution in [0.4, 0.5) is 4.39 Å². The van der Waals surface area contributed by atoms with Gasteiger partial charge in [0.05, 0.1) is 19.2 Å². The summed E-state index contributed by atoms with van der Waals surface area (Å²) >= 11 is 5.94. The van der Waals surface area contributed by atoms with Crippen LogP contribution >= 0.6 is 11.6 Å². The molecule has 0 saturated heterocycles. The fourth-order valence-corrected chi connectivity index (χ4v) is 2.54. The molecular weight excluding hydrogens is 333 g/mol. The SMILES string of the molecule is COc1ccc(Cl)cc1C(=O)NCC(C)(OC)c1ccccc1F. The predicted molar refractivity (Wildman–Crippen MR) is 91.1 cm³/mol. The van der Waals surface area contributed by atoms with Gasteiger partial charge in [-0.15, -0.1) is 0 Å². The van der Waals surface area contributed by atoms with Crippen molar-refractivity contribution in [2.75, 3.05) is 20.8 Å². The van der Waals surface area contributed by atoms with E-state index < -0.39 is 11.4 Å². The van der Waals surface area contributed by atoms with Gasteiger partial charge < -0.3 is 14.8 Å². The Balaban J connectivity index is 2.21. The number of halogens is 2. The second kappa shape index (κ2) is 7.64. The summed E-state index contributed by atoms with van der Waals surface area (Å²) in [5.41, 5.74) is -0.338. The Morgan fingerprint density at radius 2 is 1.96 bits per heavy atom. The highest BCUT2D eigenvalue weighted by atomic mass is 35.5. The Morgan fingerprint density at radius 3 is 2.58 bits per heavy atom. The zero-order valence-electron chi connectivity index (χ0n) is 13.7. The zero-order valence-corrected chi connectivity index (χ0v) is 14.5. The third-order valence-corrected chi connectivity index (χ3v) is 4.12. The van der Waals surface area contributed by atoms with Gasteiger partial charge >= 0.3 is 0 Å². The summed E-state index contributed by atoms with van der Waals surface area (Å²) < 4.78 is 24.7. The lowest BCUT2D eigenvalue weighted by Crippen LogP contribution is -2.40. The van der Waals surface area contributed by atoms with Gasteiger partial charge in [-0.25, -0.2) is 4.39 Å². The maximum absolute atomic E-state index is 14.1. The van der Waals surface area contributed by atoms with Crippen LogP contribution in [-0.4, -0.2) is 26.7 Å². The number of carbonyl (C=O) groups excluding carboxylic acids is 1. The molecule has 1 atom stereocenters. The number of amides is 1. The van der Waals surface area contributed by atoms with Crippen molar-refractivity contribution < 1.29 is 18.7 Å². The maximum Gasteiger partial charge on any atom is 0.255 e. The highest BCUT2D eigenvalue weighted by molar-refractivity contribution is 6.31. The van der Waals surface area contributed by atoms with Gasteiger partial charge in [-0.3, -0.25) is 4.79 Å². The van der Waals surface area contributed by atoms with Crippen molar-refractivity contribution in [3.05, 3.63) is 64.4 Å². The van der Waals surface area contributed by atoms with Crippen LogP contribution in [0.2, 0.25) is 5.02 Å². The summed E-state index contributed by atoms with van der Waals surface area (Å²) in [5, 5.41) is 3.17. The van der Waals surface area contributed by atoms with Gasteiger partial charge in [0, 0.05) is 17.7 Å². The number of hydrogen-bond donors (Lipinski definition) is 1. The van der Waals surface area contributed by atoms with E-state index in [9.17, 15) is 9.18 Å². The fraction of sp³-hybridized carbons (Fsp3) is 0.278. The number of benzene rings is 2. The molecule has 0 radical (unpaired) electrons. The van der Waals surface area contributed by atoms with Crippen molar-refractivity contribution in [2.24, 2.45) is 0 Å². The van der Waals surface area contributed by atoms with Crippen LogP contribution in [0.25, 0.3) is 0 Å². The van der Waals surface area contributed by atoms with Crippen molar-refractivity contribution >= 4 is 17.5 Å². The monoisotopic (exact) mass is 351 g/mol. The van der Waals surface area contributed by atoms with Gasteiger partial charge in [0.2, 0.25) is 0 Å². The number of methoxy groups -OCH3 is 2. The van der Waals surface area contributed by atoms with Crippen LogP contribution < -0.4 is 10.1 Å². The Labute approximate surface area is 145 Å². The number of ether oxygens (including phenoxy) is 2. The van der Waals surface area contributed by atoms with Gasteiger partial charge in [-0.2, -0.15) is 0 Å². The highest BCUT2D eigenvalue weighted by Crippen LogP contribution is 2.27. The minimum Gasteiger partial charge on any atom is -0.496 e. The number of hydrogen-bond acceptors (Lipinski definition) is 3. The first-order chi connectivity index (χ1) is 11.4. The second-order valence-corrected chi connectivity index (χ2v) is 5.88. The molecule has 1 N–H and O–H groups in total. The van der Waals surface area contributed by atoms with E-state index in [1.807, 2.05) is 0 Å². The summed E-state index contributed by atoms with van der Waals surface area (Å²) in [6.45, 7) is 1.79. The molecule has 0 saturated carbocycles. The minimum atomic E-state index is -1.01. The number of carbonyl (C=O) groups is 1. The van der Waals surface area contributed by atoms with Crippen molar-refractivity contribution in [3.63, 3.8) is 0 Å². The molecule has 128 valence electrons. The smallest absolute Gasteiger partial charge is 0.255 e. The van der Waals surface area contributed by atoms with Gasteiger partial charge in [0.1, 0.15) is 17.2 Å². The minimum absolute atomic E-state index is 0.0823. The Kier molecular flexibility index (Phi) is 5.80. The molecule has 0 aliphatic rings. The van der Waals surface area contributed by atoms with Crippen LogP contribution in [0.1, 0.15) is 22.8 Å². The first kappa shape index (κ1) is 18.2. The molecule has 0 aliphatic heterocycles. The first-order valence-corrected chi connectivity index (χ1v) is 7.71. The zero-order chi connectivity index (χ0) is 17.7. The molecule has 4 nitrogen and oxygen atoms in total. The molecule has 0 heterocycles. The van der Waals surface area contributed by atoms with E-state index in [2.05, 4.69) is 5.32 Å². The van der Waals surface area contributed by atoms with Crippen LogP contribution in [0.15, 0.2) is 42.5 Å². The molecule has 0 bridgehead atoms. The molecule has 1 unspecified atom stereocenters. The van der Waals surface area contributed by atoms with Crippen molar-refractivity contribution in [2.45, 2.75) is 12.5 Å². The van der Waals surface area contributed by atoms with Crippen molar-refractivity contribution in [1.29, 1.82) is 0 Å². The quantitative estimate of drug-likeness (QED) is 0.861. The molecular formula is C18H19ClFNO3. The van der Waals surface area contributed by atoms with Crippen molar-refractivity contribution in [1.82, 2.24) is 5.32 Å². The molecule has 6 heteroatoms. The molecule has 1 amide bonds. The molecule has 2 aromatic rings. The maximum atomic E-state index is 14.1. The Morgan fingerprint density at radius 1 is 1.25 bits per heavy atom. The average Bonchev–Trinajstić information content (AvgIpc) is 2.59. The van der Waals surface area contributed by atoms with Crippen LogP contribution in [0, 0.1) is 5.82 Å². The average molecular weight is 352 g/mol. The number of nitrogens with one attached hydrogen (secondary N) is 1. The lowest BCUT2D eigenvalue weighted by Gasteiger charge is -2.29. The summed E-state index contributed by atoms with van der Waals surface area (Å²) in [5.74, 6) is -0.368. The first-order valence-electron chi connectivity index (χ1n) is 7.33. The van der Waals surface area contributed by atoms with Crippen LogP contribution in [-0.2, 0) is 10.3 Å². The molecule has 0 spiro atoms. The second-order valence-electron chi connectivity index (χ2n) is 5.44. The lowest BCUT2D eigenvalue weighted by molar-refractivity contribution is 0.000367. The Hall–Kier alpha value is -2.11.